The van der Waals surface area contributed by atoms with Gasteiger partial charge in [0.1, 0.15) is 5.82 Å². The summed E-state index contributed by atoms with van der Waals surface area (Å²) in [6, 6.07) is 2.58. The highest BCUT2D eigenvalue weighted by atomic mass is 79.9. The van der Waals surface area contributed by atoms with Crippen LogP contribution in [0.25, 0.3) is 0 Å². The first kappa shape index (κ1) is 15.2. The number of anilines is 1. The fraction of sp³-hybridized carbons (Fsp3) is 0.625. The summed E-state index contributed by atoms with van der Waals surface area (Å²) in [6.45, 7) is 3.77. The van der Waals surface area contributed by atoms with E-state index in [2.05, 4.69) is 33.1 Å². The molecular formula is C16H21BrF2N2. The van der Waals surface area contributed by atoms with Crippen molar-refractivity contribution in [1.82, 2.24) is 5.32 Å². The van der Waals surface area contributed by atoms with Crippen molar-refractivity contribution in [2.45, 2.75) is 50.6 Å². The van der Waals surface area contributed by atoms with Gasteiger partial charge < -0.3 is 10.2 Å². The van der Waals surface area contributed by atoms with Crippen molar-refractivity contribution in [1.29, 1.82) is 0 Å². The first-order valence-electron chi connectivity index (χ1n) is 7.71. The van der Waals surface area contributed by atoms with Crippen LogP contribution in [0.15, 0.2) is 16.6 Å². The van der Waals surface area contributed by atoms with E-state index in [1.54, 1.807) is 0 Å². The molecule has 0 aromatic heterocycles. The van der Waals surface area contributed by atoms with E-state index < -0.39 is 11.6 Å². The fourth-order valence-corrected chi connectivity index (χ4v) is 4.41. The fourth-order valence-electron chi connectivity index (χ4n) is 3.78. The lowest BCUT2D eigenvalue weighted by atomic mass is 9.91. The van der Waals surface area contributed by atoms with Crippen LogP contribution >= 0.6 is 15.9 Å². The monoisotopic (exact) mass is 358 g/mol. The first-order valence-corrected chi connectivity index (χ1v) is 8.50. The number of piperazine rings is 1. The third-order valence-electron chi connectivity index (χ3n) is 4.93. The maximum Gasteiger partial charge on any atom is 0.150 e. The zero-order chi connectivity index (χ0) is 15.0. The summed E-state index contributed by atoms with van der Waals surface area (Å²) in [4.78, 5) is 2.14. The van der Waals surface area contributed by atoms with Gasteiger partial charge in [-0.25, -0.2) is 8.78 Å². The third-order valence-corrected chi connectivity index (χ3v) is 5.53. The quantitative estimate of drug-likeness (QED) is 0.850. The molecule has 5 heteroatoms. The van der Waals surface area contributed by atoms with E-state index in [9.17, 15) is 8.78 Å². The Morgan fingerprint density at radius 3 is 2.67 bits per heavy atom. The summed E-state index contributed by atoms with van der Waals surface area (Å²) < 4.78 is 28.2. The highest BCUT2D eigenvalue weighted by Gasteiger charge is 2.41. The predicted molar refractivity (Wildman–Crippen MR) is 84.7 cm³/mol. The van der Waals surface area contributed by atoms with E-state index in [-0.39, 0.29) is 11.6 Å². The van der Waals surface area contributed by atoms with Crippen LogP contribution in [0.1, 0.15) is 39.0 Å². The summed E-state index contributed by atoms with van der Waals surface area (Å²) in [5.41, 5.74) is 0.613. The standard InChI is InChI=1S/C16H21BrF2N2/c1-2-12-9-20-16(5-3-4-6-16)10-21(12)15-13(17)7-11(18)8-14(15)19/h7-8,12,20H,2-6,9-10H2,1H3. The molecule has 1 heterocycles. The van der Waals surface area contributed by atoms with Crippen LogP contribution in [0.4, 0.5) is 14.5 Å². The SMILES string of the molecule is CCC1CNC2(CCCC2)CN1c1c(F)cc(F)cc1Br. The molecule has 2 fully saturated rings. The molecule has 116 valence electrons. The average molecular weight is 359 g/mol. The number of halogens is 3. The highest BCUT2D eigenvalue weighted by molar-refractivity contribution is 9.10. The molecule has 1 aliphatic heterocycles. The van der Waals surface area contributed by atoms with Crippen LogP contribution in [-0.2, 0) is 0 Å². The average Bonchev–Trinajstić information content (AvgIpc) is 2.86. The van der Waals surface area contributed by atoms with Crippen molar-refractivity contribution >= 4 is 21.6 Å². The first-order chi connectivity index (χ1) is 10.0. The summed E-state index contributed by atoms with van der Waals surface area (Å²) in [6.07, 6.45) is 5.67. The minimum Gasteiger partial charge on any atom is -0.362 e. The number of hydrogen-bond acceptors (Lipinski definition) is 2. The van der Waals surface area contributed by atoms with Gasteiger partial charge in [-0.15, -0.1) is 0 Å². The molecule has 1 N–H and O–H groups in total. The van der Waals surface area contributed by atoms with Gasteiger partial charge in [-0.05, 0) is 41.3 Å². The van der Waals surface area contributed by atoms with Crippen LogP contribution in [0.5, 0.6) is 0 Å². The Balaban J connectivity index is 1.97. The molecule has 0 amide bonds. The highest BCUT2D eigenvalue weighted by Crippen LogP contribution is 2.39. The summed E-state index contributed by atoms with van der Waals surface area (Å²) in [5, 5.41) is 3.69. The van der Waals surface area contributed by atoms with Crippen molar-refractivity contribution in [3.63, 3.8) is 0 Å². The Bertz CT molecular complexity index is 506. The van der Waals surface area contributed by atoms with E-state index in [0.29, 0.717) is 10.2 Å². The number of nitrogens with one attached hydrogen (secondary N) is 1. The number of rotatable bonds is 2. The minimum absolute atomic E-state index is 0.103. The van der Waals surface area contributed by atoms with Gasteiger partial charge in [-0.1, -0.05) is 19.8 Å². The largest absolute Gasteiger partial charge is 0.362 e. The second kappa shape index (κ2) is 5.84. The Labute approximate surface area is 133 Å². The zero-order valence-electron chi connectivity index (χ0n) is 12.3. The van der Waals surface area contributed by atoms with Crippen molar-refractivity contribution in [2.24, 2.45) is 0 Å². The lowest BCUT2D eigenvalue weighted by molar-refractivity contribution is 0.266. The van der Waals surface area contributed by atoms with E-state index in [4.69, 9.17) is 0 Å². The van der Waals surface area contributed by atoms with Gasteiger partial charge >= 0.3 is 0 Å². The molecule has 1 atom stereocenters. The Morgan fingerprint density at radius 1 is 1.33 bits per heavy atom. The Kier molecular flexibility index (Phi) is 4.23. The maximum absolute atomic E-state index is 14.3. The molecule has 1 aliphatic carbocycles. The summed E-state index contributed by atoms with van der Waals surface area (Å²) >= 11 is 3.35. The Morgan fingerprint density at radius 2 is 2.05 bits per heavy atom. The van der Waals surface area contributed by atoms with Gasteiger partial charge in [0.15, 0.2) is 5.82 Å². The molecule has 2 nitrogen and oxygen atoms in total. The molecule has 1 spiro atoms. The van der Waals surface area contributed by atoms with Crippen molar-refractivity contribution < 1.29 is 8.78 Å². The molecule has 1 aromatic rings. The van der Waals surface area contributed by atoms with Crippen LogP contribution in [0.3, 0.4) is 0 Å². The lowest BCUT2D eigenvalue weighted by Crippen LogP contribution is -2.63. The van der Waals surface area contributed by atoms with Gasteiger partial charge in [-0.2, -0.15) is 0 Å². The normalized spacial score (nSPS) is 24.8. The van der Waals surface area contributed by atoms with Crippen molar-refractivity contribution in [3.8, 4) is 0 Å². The number of nitrogens with zero attached hydrogens (tertiary/aromatic N) is 1. The topological polar surface area (TPSA) is 15.3 Å². The maximum atomic E-state index is 14.3. The molecule has 1 aromatic carbocycles. The van der Waals surface area contributed by atoms with E-state index in [1.807, 2.05) is 0 Å². The van der Waals surface area contributed by atoms with Crippen molar-refractivity contribution in [3.05, 3.63) is 28.2 Å². The summed E-state index contributed by atoms with van der Waals surface area (Å²) in [7, 11) is 0. The number of benzene rings is 1. The molecule has 0 radical (unpaired) electrons. The molecule has 1 saturated heterocycles. The lowest BCUT2D eigenvalue weighted by Gasteiger charge is -2.47. The van der Waals surface area contributed by atoms with Gasteiger partial charge in [-0.3, -0.25) is 0 Å². The second-order valence-electron chi connectivity index (χ2n) is 6.28. The van der Waals surface area contributed by atoms with E-state index >= 15 is 0 Å². The van der Waals surface area contributed by atoms with Crippen molar-refractivity contribution in [2.75, 3.05) is 18.0 Å². The molecule has 2 aliphatic rings. The van der Waals surface area contributed by atoms with Crippen LogP contribution in [0.2, 0.25) is 0 Å². The smallest absolute Gasteiger partial charge is 0.150 e. The van der Waals surface area contributed by atoms with Gasteiger partial charge in [0.25, 0.3) is 0 Å². The van der Waals surface area contributed by atoms with E-state index in [0.717, 1.165) is 38.4 Å². The zero-order valence-corrected chi connectivity index (χ0v) is 13.8. The molecule has 1 saturated carbocycles. The second-order valence-corrected chi connectivity index (χ2v) is 7.13. The van der Waals surface area contributed by atoms with Gasteiger partial charge in [0.05, 0.1) is 5.69 Å². The number of hydrogen-bond donors (Lipinski definition) is 1. The minimum atomic E-state index is -0.540. The Hall–Kier alpha value is -0.680. The summed E-state index contributed by atoms with van der Waals surface area (Å²) in [5.74, 6) is -1.02. The van der Waals surface area contributed by atoms with Crippen LogP contribution < -0.4 is 10.2 Å². The molecule has 3 rings (SSSR count). The van der Waals surface area contributed by atoms with Gasteiger partial charge in [0, 0.05) is 35.2 Å². The molecule has 21 heavy (non-hydrogen) atoms. The predicted octanol–water partition coefficient (Wildman–Crippen LogP) is 4.23. The van der Waals surface area contributed by atoms with Crippen LogP contribution in [0, 0.1) is 11.6 Å². The molecule has 1 unspecified atom stereocenters. The van der Waals surface area contributed by atoms with Crippen LogP contribution in [-0.4, -0.2) is 24.7 Å². The third kappa shape index (κ3) is 2.82. The molecular weight excluding hydrogens is 338 g/mol. The van der Waals surface area contributed by atoms with Gasteiger partial charge in [0.2, 0.25) is 0 Å². The molecule has 0 bridgehead atoms. The van der Waals surface area contributed by atoms with E-state index in [1.165, 1.54) is 18.9 Å².